The number of allylic oxidation sites excluding steroid dienone is 1. The molecule has 1 aliphatic carbocycles. The number of nitrogens with one attached hydrogen (secondary N) is 1. The van der Waals surface area contributed by atoms with Crippen LogP contribution in [0.2, 0.25) is 5.02 Å². The van der Waals surface area contributed by atoms with Crippen LogP contribution in [0.1, 0.15) is 31.4 Å². The van der Waals surface area contributed by atoms with E-state index in [1.165, 1.54) is 18.6 Å². The van der Waals surface area contributed by atoms with Gasteiger partial charge in [-0.3, -0.25) is 9.79 Å². The zero-order valence-corrected chi connectivity index (χ0v) is 16.5. The van der Waals surface area contributed by atoms with Crippen molar-refractivity contribution in [1.29, 1.82) is 0 Å². The SMILES string of the molecule is CN=CC(=CN)Nc1ncc(Cl)c(C2=C[C@H]3CC[C@@H](C2)N3C(=O)[C@@H]2CC2(F)F)n1. The molecule has 3 N–H and O–H groups in total. The molecule has 0 radical (unpaired) electrons. The fourth-order valence-corrected chi connectivity index (χ4v) is 4.26. The molecule has 1 aromatic heterocycles. The number of rotatable bonds is 5. The highest BCUT2D eigenvalue weighted by atomic mass is 35.5. The number of hydrogen-bond donors (Lipinski definition) is 2. The maximum Gasteiger partial charge on any atom is 0.260 e. The van der Waals surface area contributed by atoms with Crippen molar-refractivity contribution in [3.05, 3.63) is 34.9 Å². The van der Waals surface area contributed by atoms with Crippen molar-refractivity contribution in [3.8, 4) is 0 Å². The van der Waals surface area contributed by atoms with Gasteiger partial charge >= 0.3 is 0 Å². The number of carbonyl (C=O) groups excluding carboxylic acids is 1. The van der Waals surface area contributed by atoms with Gasteiger partial charge < -0.3 is 16.0 Å². The fraction of sp³-hybridized carbons (Fsp3) is 0.474. The number of alkyl halides is 2. The van der Waals surface area contributed by atoms with Crippen molar-refractivity contribution < 1.29 is 13.6 Å². The Morgan fingerprint density at radius 3 is 2.86 bits per heavy atom. The Hall–Kier alpha value is -2.55. The topological polar surface area (TPSA) is 96.5 Å². The molecule has 7 nitrogen and oxygen atoms in total. The summed E-state index contributed by atoms with van der Waals surface area (Å²) >= 11 is 6.33. The summed E-state index contributed by atoms with van der Waals surface area (Å²) in [6, 6.07) is -0.320. The predicted octanol–water partition coefficient (Wildman–Crippen LogP) is 2.84. The second-order valence-corrected chi connectivity index (χ2v) is 7.89. The van der Waals surface area contributed by atoms with E-state index in [9.17, 15) is 13.6 Å². The molecule has 1 saturated carbocycles. The van der Waals surface area contributed by atoms with Crippen molar-refractivity contribution >= 4 is 35.2 Å². The maximum atomic E-state index is 13.4. The van der Waals surface area contributed by atoms with Crippen molar-refractivity contribution in [3.63, 3.8) is 0 Å². The molecule has 0 unspecified atom stereocenters. The van der Waals surface area contributed by atoms with Crippen LogP contribution in [0.15, 0.2) is 29.2 Å². The largest absolute Gasteiger partial charge is 0.403 e. The third-order valence-electron chi connectivity index (χ3n) is 5.53. The quantitative estimate of drug-likeness (QED) is 0.711. The molecule has 154 valence electrons. The van der Waals surface area contributed by atoms with E-state index in [0.29, 0.717) is 28.8 Å². The van der Waals surface area contributed by atoms with Gasteiger partial charge in [-0.1, -0.05) is 17.7 Å². The summed E-state index contributed by atoms with van der Waals surface area (Å²) in [7, 11) is 1.62. The van der Waals surface area contributed by atoms with E-state index in [4.69, 9.17) is 17.3 Å². The summed E-state index contributed by atoms with van der Waals surface area (Å²) in [5.74, 6) is -4.15. The Morgan fingerprint density at radius 2 is 2.24 bits per heavy atom. The number of hydrogen-bond acceptors (Lipinski definition) is 6. The average Bonchev–Trinajstić information content (AvgIpc) is 3.25. The van der Waals surface area contributed by atoms with Crippen LogP contribution in [-0.2, 0) is 4.79 Å². The van der Waals surface area contributed by atoms with E-state index in [-0.39, 0.29) is 18.5 Å². The number of halogens is 3. The summed E-state index contributed by atoms with van der Waals surface area (Å²) in [6.45, 7) is 0. The van der Waals surface area contributed by atoms with Gasteiger partial charge in [-0.2, -0.15) is 0 Å². The first-order valence-corrected chi connectivity index (χ1v) is 9.76. The van der Waals surface area contributed by atoms with Crippen LogP contribution >= 0.6 is 11.6 Å². The number of amides is 1. The lowest BCUT2D eigenvalue weighted by molar-refractivity contribution is -0.137. The molecule has 3 atom stereocenters. The monoisotopic (exact) mass is 422 g/mol. The molecule has 10 heteroatoms. The first kappa shape index (κ1) is 19.8. The molecule has 3 aliphatic rings. The van der Waals surface area contributed by atoms with Gasteiger partial charge in [0.2, 0.25) is 11.9 Å². The van der Waals surface area contributed by atoms with Crippen LogP contribution in [0.4, 0.5) is 14.7 Å². The highest BCUT2D eigenvalue weighted by Gasteiger charge is 2.63. The molecule has 2 aliphatic heterocycles. The van der Waals surface area contributed by atoms with Gasteiger partial charge in [-0.05, 0) is 24.8 Å². The van der Waals surface area contributed by atoms with Gasteiger partial charge in [0.15, 0.2) is 0 Å². The molecule has 0 spiro atoms. The van der Waals surface area contributed by atoms with Gasteiger partial charge in [-0.15, -0.1) is 0 Å². The lowest BCUT2D eigenvalue weighted by Crippen LogP contribution is -2.44. The highest BCUT2D eigenvalue weighted by molar-refractivity contribution is 6.32. The minimum Gasteiger partial charge on any atom is -0.403 e. The molecule has 1 amide bonds. The molecular formula is C19H21ClF2N6O. The number of nitrogens with two attached hydrogens (primary N) is 1. The Kier molecular flexibility index (Phi) is 5.02. The minimum absolute atomic E-state index is 0.113. The van der Waals surface area contributed by atoms with E-state index < -0.39 is 17.7 Å². The summed E-state index contributed by atoms with van der Waals surface area (Å²) < 4.78 is 26.8. The molecule has 1 saturated heterocycles. The number of carbonyl (C=O) groups is 1. The van der Waals surface area contributed by atoms with E-state index in [0.717, 1.165) is 18.4 Å². The number of anilines is 1. The lowest BCUT2D eigenvalue weighted by atomic mass is 9.97. The zero-order valence-electron chi connectivity index (χ0n) is 15.8. The van der Waals surface area contributed by atoms with E-state index in [1.54, 1.807) is 11.9 Å². The van der Waals surface area contributed by atoms with Gasteiger partial charge in [0, 0.05) is 31.9 Å². The molecule has 1 aromatic rings. The molecule has 3 heterocycles. The van der Waals surface area contributed by atoms with Crippen molar-refractivity contribution in [1.82, 2.24) is 14.9 Å². The van der Waals surface area contributed by atoms with Crippen LogP contribution in [0, 0.1) is 5.92 Å². The Labute approximate surface area is 171 Å². The standard InChI is InChI=1S/C19H21ClF2N6O/c1-24-8-11(7-23)26-18-25-9-15(20)16(27-18)10-4-12-2-3-13(5-10)28(12)17(29)14-6-19(14,21)22/h4,7-9,12-14H,2-3,5-6,23H2,1H3,(H,25,26,27)/t12-,13+,14+/m1/s1. The van der Waals surface area contributed by atoms with Crippen LogP contribution in [0.25, 0.3) is 5.57 Å². The number of nitrogens with zero attached hydrogens (tertiary/aromatic N) is 4. The summed E-state index contributed by atoms with van der Waals surface area (Å²) in [6.07, 6.45) is 8.00. The highest BCUT2D eigenvalue weighted by Crippen LogP contribution is 2.51. The molecule has 29 heavy (non-hydrogen) atoms. The molecular weight excluding hydrogens is 402 g/mol. The molecule has 2 fully saturated rings. The van der Waals surface area contributed by atoms with Crippen LogP contribution in [-0.4, -0.2) is 52.0 Å². The van der Waals surface area contributed by atoms with Crippen molar-refractivity contribution in [2.24, 2.45) is 16.6 Å². The molecule has 0 aromatic carbocycles. The fourth-order valence-electron chi connectivity index (χ4n) is 4.05. The first-order valence-electron chi connectivity index (χ1n) is 9.38. The Balaban J connectivity index is 1.57. The summed E-state index contributed by atoms with van der Waals surface area (Å²) in [5.41, 5.74) is 7.54. The number of fused-ring (bicyclic) bond motifs is 2. The molecule has 4 rings (SSSR count). The number of aliphatic imine (C=N–C) groups is 1. The minimum atomic E-state index is -2.85. The van der Waals surface area contributed by atoms with Crippen LogP contribution < -0.4 is 11.1 Å². The van der Waals surface area contributed by atoms with Gasteiger partial charge in [0.1, 0.15) is 5.92 Å². The Bertz CT molecular complexity index is 931. The third kappa shape index (κ3) is 3.71. The van der Waals surface area contributed by atoms with E-state index in [2.05, 4.69) is 20.3 Å². The smallest absolute Gasteiger partial charge is 0.260 e. The van der Waals surface area contributed by atoms with Crippen molar-refractivity contribution in [2.75, 3.05) is 12.4 Å². The van der Waals surface area contributed by atoms with Crippen LogP contribution in [0.3, 0.4) is 0 Å². The maximum absolute atomic E-state index is 13.4. The summed E-state index contributed by atoms with van der Waals surface area (Å²) in [4.78, 5) is 26.7. The van der Waals surface area contributed by atoms with E-state index in [1.807, 2.05) is 6.08 Å². The average molecular weight is 423 g/mol. The second kappa shape index (κ2) is 7.37. The summed E-state index contributed by atoms with van der Waals surface area (Å²) in [5, 5.41) is 3.35. The zero-order chi connectivity index (χ0) is 20.8. The number of aromatic nitrogens is 2. The van der Waals surface area contributed by atoms with Crippen LogP contribution in [0.5, 0.6) is 0 Å². The molecule has 2 bridgehead atoms. The van der Waals surface area contributed by atoms with Gasteiger partial charge in [0.25, 0.3) is 5.92 Å². The van der Waals surface area contributed by atoms with Gasteiger partial charge in [-0.25, -0.2) is 18.7 Å². The second-order valence-electron chi connectivity index (χ2n) is 7.48. The third-order valence-corrected chi connectivity index (χ3v) is 5.80. The van der Waals surface area contributed by atoms with Gasteiger partial charge in [0.05, 0.1) is 28.7 Å². The lowest BCUT2D eigenvalue weighted by Gasteiger charge is -2.34. The van der Waals surface area contributed by atoms with Crippen molar-refractivity contribution in [2.45, 2.75) is 43.7 Å². The Morgan fingerprint density at radius 1 is 1.48 bits per heavy atom. The normalized spacial score (nSPS) is 27.9. The van der Waals surface area contributed by atoms with E-state index >= 15 is 0 Å². The first-order chi connectivity index (χ1) is 13.8. The predicted molar refractivity (Wildman–Crippen MR) is 107 cm³/mol.